The van der Waals surface area contributed by atoms with Gasteiger partial charge in [-0.25, -0.2) is 4.98 Å². The molecule has 0 saturated carbocycles. The van der Waals surface area contributed by atoms with Crippen LogP contribution in [0.5, 0.6) is 0 Å². The summed E-state index contributed by atoms with van der Waals surface area (Å²) in [5.74, 6) is 0. The highest BCUT2D eigenvalue weighted by Gasteiger charge is 2.01. The number of anilines is 1. The minimum Gasteiger partial charge on any atom is -0.379 e. The highest BCUT2D eigenvalue weighted by molar-refractivity contribution is 5.51. The van der Waals surface area contributed by atoms with E-state index in [1.165, 1.54) is 0 Å². The Hall–Kier alpha value is -2.49. The summed E-state index contributed by atoms with van der Waals surface area (Å²) in [5.41, 5.74) is 4.39. The van der Waals surface area contributed by atoms with Gasteiger partial charge in [0.25, 0.3) is 0 Å². The Morgan fingerprint density at radius 3 is 2.79 bits per heavy atom. The van der Waals surface area contributed by atoms with Gasteiger partial charge in [-0.2, -0.15) is 0 Å². The van der Waals surface area contributed by atoms with Gasteiger partial charge in [0.15, 0.2) is 0 Å². The van der Waals surface area contributed by atoms with Crippen molar-refractivity contribution in [3.8, 4) is 5.69 Å². The normalized spacial score (nSPS) is 10.6. The number of benzene rings is 1. The molecule has 2 heterocycles. The lowest BCUT2D eigenvalue weighted by Gasteiger charge is -2.08. The molecule has 4 heteroatoms. The fourth-order valence-corrected chi connectivity index (χ4v) is 2.03. The summed E-state index contributed by atoms with van der Waals surface area (Å²) in [5, 5.41) is 3.39. The molecule has 0 fully saturated rings. The van der Waals surface area contributed by atoms with E-state index in [-0.39, 0.29) is 0 Å². The third-order valence-corrected chi connectivity index (χ3v) is 3.14. The van der Waals surface area contributed by atoms with Crippen molar-refractivity contribution in [2.75, 3.05) is 5.32 Å². The Morgan fingerprint density at radius 2 is 2.05 bits per heavy atom. The van der Waals surface area contributed by atoms with Gasteiger partial charge in [0.2, 0.25) is 0 Å². The average Bonchev–Trinajstić information content (AvgIpc) is 3.08. The SMILES string of the molecule is Cc1[nH]cnc1CNc1cccc(-n2cccc2)c1. The van der Waals surface area contributed by atoms with Gasteiger partial charge in [0, 0.05) is 29.5 Å². The second-order valence-corrected chi connectivity index (χ2v) is 4.47. The van der Waals surface area contributed by atoms with E-state index in [2.05, 4.69) is 44.1 Å². The van der Waals surface area contributed by atoms with Crippen molar-refractivity contribution in [1.82, 2.24) is 14.5 Å². The molecule has 0 amide bonds. The van der Waals surface area contributed by atoms with Crippen molar-refractivity contribution in [3.05, 3.63) is 66.5 Å². The molecule has 3 rings (SSSR count). The third-order valence-electron chi connectivity index (χ3n) is 3.14. The second kappa shape index (κ2) is 5.02. The van der Waals surface area contributed by atoms with E-state index < -0.39 is 0 Å². The fraction of sp³-hybridized carbons (Fsp3) is 0.133. The molecule has 0 bridgehead atoms. The van der Waals surface area contributed by atoms with Gasteiger partial charge in [-0.15, -0.1) is 0 Å². The maximum atomic E-state index is 4.28. The monoisotopic (exact) mass is 252 g/mol. The van der Waals surface area contributed by atoms with E-state index in [1.807, 2.05) is 31.5 Å². The molecule has 0 spiro atoms. The summed E-state index contributed by atoms with van der Waals surface area (Å²) >= 11 is 0. The van der Waals surface area contributed by atoms with Crippen molar-refractivity contribution in [2.24, 2.45) is 0 Å². The first-order valence-corrected chi connectivity index (χ1v) is 6.29. The van der Waals surface area contributed by atoms with Crippen LogP contribution >= 0.6 is 0 Å². The topological polar surface area (TPSA) is 45.6 Å². The molecule has 0 aliphatic carbocycles. The number of H-pyrrole nitrogens is 1. The lowest BCUT2D eigenvalue weighted by molar-refractivity contribution is 1.04. The van der Waals surface area contributed by atoms with Crippen LogP contribution in [0.2, 0.25) is 0 Å². The van der Waals surface area contributed by atoms with Crippen LogP contribution in [0.25, 0.3) is 5.69 Å². The standard InChI is InChI=1S/C15H16N4/c1-12-15(18-11-17-12)10-16-13-5-4-6-14(9-13)19-7-2-3-8-19/h2-9,11,16H,10H2,1H3,(H,17,18). The molecule has 1 aromatic carbocycles. The second-order valence-electron chi connectivity index (χ2n) is 4.47. The molecular weight excluding hydrogens is 236 g/mol. The number of nitrogens with zero attached hydrogens (tertiary/aromatic N) is 2. The van der Waals surface area contributed by atoms with E-state index >= 15 is 0 Å². The number of hydrogen-bond acceptors (Lipinski definition) is 2. The molecule has 3 aromatic rings. The fourth-order valence-electron chi connectivity index (χ4n) is 2.03. The maximum absolute atomic E-state index is 4.28. The van der Waals surface area contributed by atoms with Crippen molar-refractivity contribution >= 4 is 5.69 Å². The Kier molecular flexibility index (Phi) is 3.06. The number of hydrogen-bond donors (Lipinski definition) is 2. The number of aryl methyl sites for hydroxylation is 1. The molecular formula is C15H16N4. The zero-order valence-electron chi connectivity index (χ0n) is 10.8. The summed E-state index contributed by atoms with van der Waals surface area (Å²) in [6, 6.07) is 12.4. The number of nitrogens with one attached hydrogen (secondary N) is 2. The molecule has 2 N–H and O–H groups in total. The lowest BCUT2D eigenvalue weighted by atomic mass is 10.2. The highest BCUT2D eigenvalue weighted by Crippen LogP contribution is 2.15. The Labute approximate surface area is 112 Å². The predicted molar refractivity (Wildman–Crippen MR) is 76.4 cm³/mol. The molecule has 19 heavy (non-hydrogen) atoms. The summed E-state index contributed by atoms with van der Waals surface area (Å²) < 4.78 is 2.09. The largest absolute Gasteiger partial charge is 0.379 e. The minimum atomic E-state index is 0.727. The van der Waals surface area contributed by atoms with Crippen molar-refractivity contribution < 1.29 is 0 Å². The molecule has 0 saturated heterocycles. The van der Waals surface area contributed by atoms with Crippen LogP contribution in [0, 0.1) is 6.92 Å². The number of aromatic nitrogens is 3. The molecule has 0 atom stereocenters. The van der Waals surface area contributed by atoms with Crippen molar-refractivity contribution in [3.63, 3.8) is 0 Å². The quantitative estimate of drug-likeness (QED) is 0.749. The van der Waals surface area contributed by atoms with Gasteiger partial charge in [-0.1, -0.05) is 6.07 Å². The summed E-state index contributed by atoms with van der Waals surface area (Å²) in [6.45, 7) is 2.75. The Balaban J connectivity index is 1.75. The summed E-state index contributed by atoms with van der Waals surface area (Å²) in [7, 11) is 0. The zero-order chi connectivity index (χ0) is 13.1. The molecule has 4 nitrogen and oxygen atoms in total. The van der Waals surface area contributed by atoms with Gasteiger partial charge in [-0.05, 0) is 37.3 Å². The lowest BCUT2D eigenvalue weighted by Crippen LogP contribution is -2.02. The van der Waals surface area contributed by atoms with Crippen LogP contribution in [-0.4, -0.2) is 14.5 Å². The van der Waals surface area contributed by atoms with Crippen LogP contribution in [0.4, 0.5) is 5.69 Å². The molecule has 96 valence electrons. The molecule has 2 aromatic heterocycles. The number of rotatable bonds is 4. The Bertz CT molecular complexity index is 652. The predicted octanol–water partition coefficient (Wildman–Crippen LogP) is 3.12. The number of imidazole rings is 1. The van der Waals surface area contributed by atoms with Crippen LogP contribution in [0.1, 0.15) is 11.4 Å². The van der Waals surface area contributed by atoms with E-state index in [4.69, 9.17) is 0 Å². The van der Waals surface area contributed by atoms with Crippen LogP contribution in [-0.2, 0) is 6.54 Å². The van der Waals surface area contributed by atoms with Crippen LogP contribution < -0.4 is 5.32 Å². The van der Waals surface area contributed by atoms with E-state index in [0.717, 1.165) is 29.3 Å². The highest BCUT2D eigenvalue weighted by atomic mass is 15.0. The molecule has 0 radical (unpaired) electrons. The first kappa shape index (κ1) is 11.6. The van der Waals surface area contributed by atoms with E-state index in [9.17, 15) is 0 Å². The smallest absolute Gasteiger partial charge is 0.0925 e. The van der Waals surface area contributed by atoms with E-state index in [1.54, 1.807) is 6.33 Å². The first-order valence-electron chi connectivity index (χ1n) is 6.29. The molecule has 0 aliphatic heterocycles. The van der Waals surface area contributed by atoms with Gasteiger partial charge < -0.3 is 14.9 Å². The van der Waals surface area contributed by atoms with Gasteiger partial charge in [0.1, 0.15) is 0 Å². The molecule has 0 unspecified atom stereocenters. The van der Waals surface area contributed by atoms with Crippen molar-refractivity contribution in [2.45, 2.75) is 13.5 Å². The number of aromatic amines is 1. The first-order chi connectivity index (χ1) is 9.33. The average molecular weight is 252 g/mol. The molecule has 0 aliphatic rings. The zero-order valence-corrected chi connectivity index (χ0v) is 10.8. The van der Waals surface area contributed by atoms with Gasteiger partial charge in [-0.3, -0.25) is 0 Å². The van der Waals surface area contributed by atoms with E-state index in [0.29, 0.717) is 0 Å². The van der Waals surface area contributed by atoms with Crippen molar-refractivity contribution in [1.29, 1.82) is 0 Å². The van der Waals surface area contributed by atoms with Gasteiger partial charge in [0.05, 0.1) is 18.6 Å². The maximum Gasteiger partial charge on any atom is 0.0925 e. The van der Waals surface area contributed by atoms with Crippen LogP contribution in [0.15, 0.2) is 55.1 Å². The summed E-state index contributed by atoms with van der Waals surface area (Å²) in [6.07, 6.45) is 5.80. The minimum absolute atomic E-state index is 0.727. The van der Waals surface area contributed by atoms with Gasteiger partial charge >= 0.3 is 0 Å². The summed E-state index contributed by atoms with van der Waals surface area (Å²) in [4.78, 5) is 7.36. The van der Waals surface area contributed by atoms with Crippen LogP contribution in [0.3, 0.4) is 0 Å². The third kappa shape index (κ3) is 2.52. The Morgan fingerprint density at radius 1 is 1.21 bits per heavy atom.